The first kappa shape index (κ1) is 22.8. The summed E-state index contributed by atoms with van der Waals surface area (Å²) >= 11 is 0. The Bertz CT molecular complexity index is 1290. The standard InChI is InChI=1S/C27H23NO6/c1-4-32-24-16-18(8-13-23(24)33-26(29)19-9-11-21(31-3)12-10-19)15-22-27(30)34-25(28-22)20-7-5-6-17(2)14-20/h5-16H,4H2,1-3H3/b22-15-. The SMILES string of the molecule is CCOc1cc(/C=C2\N=C(c3cccc(C)c3)OC2=O)ccc1OC(=O)c1ccc(OC)cc1. The van der Waals surface area contributed by atoms with Crippen molar-refractivity contribution in [3.05, 3.63) is 94.7 Å². The maximum atomic E-state index is 12.6. The molecule has 7 heteroatoms. The second-order valence-electron chi connectivity index (χ2n) is 7.46. The van der Waals surface area contributed by atoms with Crippen LogP contribution < -0.4 is 14.2 Å². The van der Waals surface area contributed by atoms with Crippen LogP contribution in [0.25, 0.3) is 6.08 Å². The number of hydrogen-bond acceptors (Lipinski definition) is 7. The second kappa shape index (κ2) is 10.0. The van der Waals surface area contributed by atoms with E-state index in [1.807, 2.05) is 38.1 Å². The number of benzene rings is 3. The van der Waals surface area contributed by atoms with E-state index in [9.17, 15) is 9.59 Å². The molecule has 7 nitrogen and oxygen atoms in total. The smallest absolute Gasteiger partial charge is 0.363 e. The van der Waals surface area contributed by atoms with Crippen LogP contribution in [0, 0.1) is 6.92 Å². The van der Waals surface area contributed by atoms with Gasteiger partial charge >= 0.3 is 11.9 Å². The van der Waals surface area contributed by atoms with Crippen LogP contribution in [-0.4, -0.2) is 31.6 Å². The molecule has 0 aliphatic carbocycles. The number of ether oxygens (including phenoxy) is 4. The lowest BCUT2D eigenvalue weighted by atomic mass is 10.1. The number of hydrogen-bond donors (Lipinski definition) is 0. The first-order chi connectivity index (χ1) is 16.5. The van der Waals surface area contributed by atoms with Crippen molar-refractivity contribution in [3.63, 3.8) is 0 Å². The van der Waals surface area contributed by atoms with Crippen molar-refractivity contribution in [2.24, 2.45) is 4.99 Å². The van der Waals surface area contributed by atoms with Crippen LogP contribution in [0.3, 0.4) is 0 Å². The summed E-state index contributed by atoms with van der Waals surface area (Å²) in [5, 5.41) is 0. The molecule has 1 aliphatic heterocycles. The molecule has 0 unspecified atom stereocenters. The van der Waals surface area contributed by atoms with E-state index < -0.39 is 11.9 Å². The molecular formula is C27H23NO6. The highest BCUT2D eigenvalue weighted by Gasteiger charge is 2.24. The normalized spacial score (nSPS) is 13.9. The predicted molar refractivity (Wildman–Crippen MR) is 127 cm³/mol. The molecule has 0 radical (unpaired) electrons. The van der Waals surface area contributed by atoms with Gasteiger partial charge in [-0.05, 0) is 74.0 Å². The van der Waals surface area contributed by atoms with Gasteiger partial charge < -0.3 is 18.9 Å². The van der Waals surface area contributed by atoms with Gasteiger partial charge in [-0.15, -0.1) is 0 Å². The monoisotopic (exact) mass is 457 g/mol. The highest BCUT2D eigenvalue weighted by atomic mass is 16.6. The Kier molecular flexibility index (Phi) is 6.73. The molecule has 34 heavy (non-hydrogen) atoms. The summed E-state index contributed by atoms with van der Waals surface area (Å²) < 4.78 is 21.7. The van der Waals surface area contributed by atoms with E-state index in [-0.39, 0.29) is 17.3 Å². The number of aryl methyl sites for hydroxylation is 1. The van der Waals surface area contributed by atoms with Gasteiger partial charge in [0.15, 0.2) is 17.2 Å². The third-order valence-electron chi connectivity index (χ3n) is 4.98. The average Bonchev–Trinajstić information content (AvgIpc) is 3.21. The van der Waals surface area contributed by atoms with Gasteiger partial charge in [-0.2, -0.15) is 0 Å². The molecule has 0 fully saturated rings. The molecule has 0 atom stereocenters. The average molecular weight is 457 g/mol. The Labute approximate surface area is 197 Å². The van der Waals surface area contributed by atoms with Crippen molar-refractivity contribution in [2.75, 3.05) is 13.7 Å². The molecule has 3 aromatic rings. The van der Waals surface area contributed by atoms with Crippen molar-refractivity contribution < 1.29 is 28.5 Å². The fourth-order valence-electron chi connectivity index (χ4n) is 3.32. The fourth-order valence-corrected chi connectivity index (χ4v) is 3.32. The van der Waals surface area contributed by atoms with E-state index in [2.05, 4.69) is 4.99 Å². The summed E-state index contributed by atoms with van der Waals surface area (Å²) in [7, 11) is 1.55. The summed E-state index contributed by atoms with van der Waals surface area (Å²) in [5.41, 5.74) is 2.96. The second-order valence-corrected chi connectivity index (χ2v) is 7.46. The van der Waals surface area contributed by atoms with Crippen LogP contribution in [-0.2, 0) is 9.53 Å². The zero-order valence-electron chi connectivity index (χ0n) is 19.0. The van der Waals surface area contributed by atoms with E-state index in [4.69, 9.17) is 18.9 Å². The number of rotatable bonds is 7. The molecule has 172 valence electrons. The molecule has 1 aliphatic rings. The number of methoxy groups -OCH3 is 1. The highest BCUT2D eigenvalue weighted by molar-refractivity contribution is 6.12. The third-order valence-corrected chi connectivity index (χ3v) is 4.98. The minimum absolute atomic E-state index is 0.168. The molecule has 0 N–H and O–H groups in total. The number of aliphatic imine (C=N–C) groups is 1. The Morgan fingerprint density at radius 3 is 2.53 bits per heavy atom. The fraction of sp³-hybridized carbons (Fsp3) is 0.148. The summed E-state index contributed by atoms with van der Waals surface area (Å²) in [5.74, 6) is 0.472. The van der Waals surface area contributed by atoms with Crippen molar-refractivity contribution in [2.45, 2.75) is 13.8 Å². The largest absolute Gasteiger partial charge is 0.497 e. The van der Waals surface area contributed by atoms with Gasteiger partial charge in [0, 0.05) is 5.56 Å². The molecule has 0 spiro atoms. The van der Waals surface area contributed by atoms with Gasteiger partial charge in [-0.3, -0.25) is 0 Å². The first-order valence-electron chi connectivity index (χ1n) is 10.7. The van der Waals surface area contributed by atoms with Gasteiger partial charge in [-0.25, -0.2) is 14.6 Å². The Balaban J connectivity index is 1.57. The molecule has 0 saturated carbocycles. The minimum Gasteiger partial charge on any atom is -0.497 e. The number of cyclic esters (lactones) is 1. The van der Waals surface area contributed by atoms with E-state index in [1.54, 1.807) is 55.7 Å². The zero-order chi connectivity index (χ0) is 24.1. The van der Waals surface area contributed by atoms with Crippen molar-refractivity contribution in [1.82, 2.24) is 0 Å². The van der Waals surface area contributed by atoms with Crippen molar-refractivity contribution >= 4 is 23.9 Å². The van der Waals surface area contributed by atoms with Crippen molar-refractivity contribution in [1.29, 1.82) is 0 Å². The van der Waals surface area contributed by atoms with Crippen LogP contribution >= 0.6 is 0 Å². The maximum absolute atomic E-state index is 12.6. The molecule has 3 aromatic carbocycles. The maximum Gasteiger partial charge on any atom is 0.363 e. The molecule has 0 saturated heterocycles. The van der Waals surface area contributed by atoms with E-state index in [0.717, 1.165) is 11.1 Å². The lowest BCUT2D eigenvalue weighted by Crippen LogP contribution is -2.09. The third kappa shape index (κ3) is 5.15. The number of nitrogens with zero attached hydrogens (tertiary/aromatic N) is 1. The van der Waals surface area contributed by atoms with Crippen LogP contribution in [0.5, 0.6) is 17.2 Å². The molecule has 1 heterocycles. The molecular weight excluding hydrogens is 434 g/mol. The summed E-state index contributed by atoms with van der Waals surface area (Å²) in [6.45, 7) is 4.15. The lowest BCUT2D eigenvalue weighted by molar-refractivity contribution is -0.129. The summed E-state index contributed by atoms with van der Waals surface area (Å²) in [6.07, 6.45) is 1.60. The topological polar surface area (TPSA) is 83.4 Å². The molecule has 0 aromatic heterocycles. The molecule has 0 bridgehead atoms. The van der Waals surface area contributed by atoms with Crippen LogP contribution in [0.2, 0.25) is 0 Å². The van der Waals surface area contributed by atoms with Gasteiger partial charge in [0.2, 0.25) is 5.90 Å². The van der Waals surface area contributed by atoms with Gasteiger partial charge in [0.25, 0.3) is 0 Å². The lowest BCUT2D eigenvalue weighted by Gasteiger charge is -2.11. The number of carbonyl (C=O) groups is 2. The predicted octanol–water partition coefficient (Wildman–Crippen LogP) is 4.97. The van der Waals surface area contributed by atoms with Gasteiger partial charge in [0.05, 0.1) is 19.3 Å². The van der Waals surface area contributed by atoms with Gasteiger partial charge in [0.1, 0.15) is 5.75 Å². The molecule has 0 amide bonds. The minimum atomic E-state index is -0.538. The van der Waals surface area contributed by atoms with Crippen molar-refractivity contribution in [3.8, 4) is 17.2 Å². The Morgan fingerprint density at radius 2 is 1.82 bits per heavy atom. The van der Waals surface area contributed by atoms with E-state index in [0.29, 0.717) is 29.2 Å². The number of esters is 2. The highest BCUT2D eigenvalue weighted by Crippen LogP contribution is 2.31. The Morgan fingerprint density at radius 1 is 1.03 bits per heavy atom. The first-order valence-corrected chi connectivity index (χ1v) is 10.7. The van der Waals surface area contributed by atoms with Crippen LogP contribution in [0.4, 0.5) is 0 Å². The van der Waals surface area contributed by atoms with Gasteiger partial charge in [-0.1, -0.05) is 23.8 Å². The zero-order valence-corrected chi connectivity index (χ0v) is 19.0. The van der Waals surface area contributed by atoms with Crippen LogP contribution in [0.1, 0.15) is 34.0 Å². The van der Waals surface area contributed by atoms with E-state index >= 15 is 0 Å². The summed E-state index contributed by atoms with van der Waals surface area (Å²) in [4.78, 5) is 29.3. The Hall–Kier alpha value is -4.39. The van der Waals surface area contributed by atoms with Crippen LogP contribution in [0.15, 0.2) is 77.4 Å². The summed E-state index contributed by atoms with van der Waals surface area (Å²) in [6, 6.07) is 19.2. The quantitative estimate of drug-likeness (QED) is 0.283. The van der Waals surface area contributed by atoms with E-state index in [1.165, 1.54) is 0 Å². The number of carbonyl (C=O) groups excluding carboxylic acids is 2. The molecule has 4 rings (SSSR count).